The van der Waals surface area contributed by atoms with Gasteiger partial charge in [-0.2, -0.15) is 10.1 Å². The van der Waals surface area contributed by atoms with Crippen LogP contribution < -0.4 is 9.75 Å². The van der Waals surface area contributed by atoms with Crippen molar-refractivity contribution in [3.63, 3.8) is 0 Å². The highest BCUT2D eigenvalue weighted by atomic mass is 16.5. The maximum absolute atomic E-state index is 13.0. The molecule has 0 radical (unpaired) electrons. The maximum atomic E-state index is 13.0. The van der Waals surface area contributed by atoms with Crippen LogP contribution >= 0.6 is 0 Å². The zero-order valence-corrected chi connectivity index (χ0v) is 20.7. The minimum Gasteiger partial charge on any atom is -0.494 e. The molecule has 1 amide bonds. The number of ketones is 1. The van der Waals surface area contributed by atoms with Crippen molar-refractivity contribution >= 4 is 23.1 Å². The summed E-state index contributed by atoms with van der Waals surface area (Å²) >= 11 is 0. The zero-order chi connectivity index (χ0) is 24.2. The van der Waals surface area contributed by atoms with Gasteiger partial charge >= 0.3 is 0 Å². The number of amides is 1. The van der Waals surface area contributed by atoms with Crippen molar-refractivity contribution in [2.45, 2.75) is 78.1 Å². The number of carbonyl (C=O) groups is 2. The number of unbranched alkanes of at least 4 members (excludes halogenated alkanes) is 9. The lowest BCUT2D eigenvalue weighted by atomic mass is 9.93. The van der Waals surface area contributed by atoms with E-state index in [2.05, 4.69) is 12.0 Å². The summed E-state index contributed by atoms with van der Waals surface area (Å²) < 4.78 is 5.85. The Hall–Kier alpha value is -2.95. The molecule has 0 saturated heterocycles. The van der Waals surface area contributed by atoms with E-state index in [1.165, 1.54) is 62.8 Å². The fourth-order valence-corrected chi connectivity index (χ4v) is 4.28. The lowest BCUT2D eigenvalue weighted by molar-refractivity contribution is -0.118. The second kappa shape index (κ2) is 13.7. The lowest BCUT2D eigenvalue weighted by Gasteiger charge is -2.14. The number of hydrogen-bond donors (Lipinski definition) is 0. The van der Waals surface area contributed by atoms with Gasteiger partial charge in [0.15, 0.2) is 5.78 Å². The van der Waals surface area contributed by atoms with Crippen LogP contribution in [-0.2, 0) is 4.79 Å². The van der Waals surface area contributed by atoms with E-state index in [0.29, 0.717) is 23.6 Å². The van der Waals surface area contributed by atoms with Gasteiger partial charge in [-0.25, -0.2) is 0 Å². The molecule has 2 aromatic rings. The van der Waals surface area contributed by atoms with E-state index in [0.717, 1.165) is 12.2 Å². The number of rotatable bonds is 15. The first kappa shape index (κ1) is 25.7. The van der Waals surface area contributed by atoms with Crippen molar-refractivity contribution in [2.24, 2.45) is 11.0 Å². The predicted molar refractivity (Wildman–Crippen MR) is 139 cm³/mol. The van der Waals surface area contributed by atoms with Crippen LogP contribution in [0.3, 0.4) is 0 Å². The molecule has 1 aliphatic heterocycles. The van der Waals surface area contributed by atoms with Gasteiger partial charge in [-0.15, -0.1) is 0 Å². The summed E-state index contributed by atoms with van der Waals surface area (Å²) in [5.74, 6) is -0.666. The monoisotopic (exact) mass is 462 g/mol. The van der Waals surface area contributed by atoms with Crippen LogP contribution in [0, 0.1) is 5.92 Å². The Balaban J connectivity index is 1.39. The van der Waals surface area contributed by atoms with Gasteiger partial charge in [0, 0.05) is 5.56 Å². The third-order valence-electron chi connectivity index (χ3n) is 6.30. The molecule has 1 aliphatic rings. The largest absolute Gasteiger partial charge is 0.494 e. The molecule has 5 nitrogen and oxygen atoms in total. The van der Waals surface area contributed by atoms with Crippen molar-refractivity contribution in [3.8, 4) is 5.75 Å². The minimum atomic E-state index is -0.876. The van der Waals surface area contributed by atoms with Gasteiger partial charge in [-0.3, -0.25) is 9.59 Å². The molecule has 3 rings (SSSR count). The normalized spacial score (nSPS) is 15.5. The summed E-state index contributed by atoms with van der Waals surface area (Å²) in [5.41, 5.74) is 1.67. The molecule has 0 fully saturated rings. The minimum absolute atomic E-state index is 0.231. The highest BCUT2D eigenvalue weighted by Gasteiger charge is 2.39. The molecular formula is C29H38N2O3. The molecule has 1 atom stereocenters. The summed E-state index contributed by atoms with van der Waals surface area (Å²) in [7, 11) is 0. The van der Waals surface area contributed by atoms with Crippen molar-refractivity contribution in [2.75, 3.05) is 11.6 Å². The quantitative estimate of drug-likeness (QED) is 0.160. The van der Waals surface area contributed by atoms with Crippen molar-refractivity contribution < 1.29 is 14.3 Å². The molecule has 0 aliphatic carbocycles. The molecule has 0 N–H and O–H groups in total. The first-order valence-electron chi connectivity index (χ1n) is 12.8. The van der Waals surface area contributed by atoms with Crippen LogP contribution in [0.5, 0.6) is 5.75 Å². The number of ether oxygens (including phenoxy) is 1. The summed E-state index contributed by atoms with van der Waals surface area (Å²) in [5, 5.41) is 5.65. The summed E-state index contributed by atoms with van der Waals surface area (Å²) in [6.45, 7) is 4.67. The molecule has 34 heavy (non-hydrogen) atoms. The Morgan fingerprint density at radius 2 is 1.44 bits per heavy atom. The second-order valence-electron chi connectivity index (χ2n) is 9.08. The van der Waals surface area contributed by atoms with Crippen molar-refractivity contribution in [3.05, 3.63) is 60.2 Å². The molecule has 1 heterocycles. The number of anilines is 1. The Bertz CT molecular complexity index is 938. The number of hydrazone groups is 1. The Morgan fingerprint density at radius 3 is 2.06 bits per heavy atom. The van der Waals surface area contributed by atoms with Crippen LogP contribution in [0.25, 0.3) is 0 Å². The van der Waals surface area contributed by atoms with Gasteiger partial charge in [0.1, 0.15) is 11.7 Å². The number of para-hydroxylation sites is 1. The molecular weight excluding hydrogens is 424 g/mol. The fraction of sp³-hybridized carbons (Fsp3) is 0.483. The topological polar surface area (TPSA) is 59.0 Å². The van der Waals surface area contributed by atoms with Crippen LogP contribution in [0.2, 0.25) is 0 Å². The Kier molecular flexibility index (Phi) is 10.3. The van der Waals surface area contributed by atoms with Gasteiger partial charge in [-0.1, -0.05) is 82.9 Å². The second-order valence-corrected chi connectivity index (χ2v) is 9.08. The van der Waals surface area contributed by atoms with Crippen molar-refractivity contribution in [1.82, 2.24) is 0 Å². The average Bonchev–Trinajstić information content (AvgIpc) is 3.16. The van der Waals surface area contributed by atoms with Gasteiger partial charge < -0.3 is 4.74 Å². The van der Waals surface area contributed by atoms with E-state index in [1.54, 1.807) is 19.1 Å². The summed E-state index contributed by atoms with van der Waals surface area (Å²) in [6.07, 6.45) is 12.9. The highest BCUT2D eigenvalue weighted by Crippen LogP contribution is 2.26. The van der Waals surface area contributed by atoms with Gasteiger partial charge in [-0.05, 0) is 49.7 Å². The molecule has 0 saturated carbocycles. The smallest absolute Gasteiger partial charge is 0.264 e. The van der Waals surface area contributed by atoms with E-state index >= 15 is 0 Å². The maximum Gasteiger partial charge on any atom is 0.264 e. The van der Waals surface area contributed by atoms with Crippen LogP contribution in [-0.4, -0.2) is 24.0 Å². The number of hydrogen-bond acceptors (Lipinski definition) is 4. The first-order chi connectivity index (χ1) is 16.6. The van der Waals surface area contributed by atoms with E-state index in [9.17, 15) is 9.59 Å². The Labute approximate surface area is 204 Å². The Morgan fingerprint density at radius 1 is 0.853 bits per heavy atom. The van der Waals surface area contributed by atoms with E-state index < -0.39 is 5.92 Å². The van der Waals surface area contributed by atoms with Crippen LogP contribution in [0.15, 0.2) is 59.7 Å². The van der Waals surface area contributed by atoms with Crippen LogP contribution in [0.4, 0.5) is 5.69 Å². The fourth-order valence-electron chi connectivity index (χ4n) is 4.28. The van der Waals surface area contributed by atoms with E-state index in [1.807, 2.05) is 42.5 Å². The zero-order valence-electron chi connectivity index (χ0n) is 20.7. The molecule has 0 spiro atoms. The number of carbonyl (C=O) groups excluding carboxylic acids is 2. The molecule has 1 unspecified atom stereocenters. The van der Waals surface area contributed by atoms with Crippen LogP contribution in [0.1, 0.15) is 88.4 Å². The first-order valence-corrected chi connectivity index (χ1v) is 12.8. The molecule has 0 aromatic heterocycles. The van der Waals surface area contributed by atoms with Gasteiger partial charge in [0.2, 0.25) is 0 Å². The molecule has 0 bridgehead atoms. The average molecular weight is 463 g/mol. The number of benzene rings is 2. The lowest BCUT2D eigenvalue weighted by Crippen LogP contribution is -2.32. The molecule has 5 heteroatoms. The highest BCUT2D eigenvalue weighted by molar-refractivity contribution is 6.30. The van der Waals surface area contributed by atoms with E-state index in [4.69, 9.17) is 4.74 Å². The SMILES string of the molecule is CCCCCCCCCCCCOc1ccc(C(=O)C2C(=O)N(c3ccccc3)N=C2C)cc1. The third-order valence-corrected chi connectivity index (χ3v) is 6.30. The van der Waals surface area contributed by atoms with Gasteiger partial charge in [0.25, 0.3) is 5.91 Å². The molecule has 2 aromatic carbocycles. The third kappa shape index (κ3) is 7.28. The molecule has 182 valence electrons. The number of Topliss-reactive ketones (excluding diaryl/α,β-unsaturated/α-hetero) is 1. The summed E-state index contributed by atoms with van der Waals surface area (Å²) in [4.78, 5) is 25.9. The van der Waals surface area contributed by atoms with Crippen molar-refractivity contribution in [1.29, 1.82) is 0 Å². The standard InChI is InChI=1S/C29H38N2O3/c1-3-4-5-6-7-8-9-10-11-15-22-34-26-20-18-24(19-21-26)28(32)27-23(2)30-31(29(27)33)25-16-13-12-14-17-25/h12-14,16-21,27H,3-11,15,22H2,1-2H3. The summed E-state index contributed by atoms with van der Waals surface area (Å²) in [6, 6.07) is 16.3. The predicted octanol–water partition coefficient (Wildman–Crippen LogP) is 7.21. The van der Waals surface area contributed by atoms with Gasteiger partial charge in [0.05, 0.1) is 18.0 Å². The number of nitrogens with zero attached hydrogens (tertiary/aromatic N) is 2. The van der Waals surface area contributed by atoms with E-state index in [-0.39, 0.29) is 11.7 Å².